The maximum absolute atomic E-state index is 12.7. The van der Waals surface area contributed by atoms with Gasteiger partial charge in [-0.25, -0.2) is 14.4 Å². The van der Waals surface area contributed by atoms with Crippen LogP contribution in [-0.2, 0) is 6.18 Å². The van der Waals surface area contributed by atoms with Crippen molar-refractivity contribution in [1.29, 1.82) is 5.26 Å². The molecule has 0 aliphatic carbocycles. The number of benzene rings is 7. The molecule has 0 radical (unpaired) electrons. The molecule has 1 heterocycles. The molecule has 0 saturated carbocycles. The van der Waals surface area contributed by atoms with E-state index in [1.807, 2.05) is 6.07 Å². The minimum Gasteiger partial charge on any atom is -0.506 e. The lowest BCUT2D eigenvalue weighted by Crippen LogP contribution is -2.20. The van der Waals surface area contributed by atoms with E-state index in [4.69, 9.17) is 37.9 Å². The highest BCUT2D eigenvalue weighted by molar-refractivity contribution is 7.99. The summed E-state index contributed by atoms with van der Waals surface area (Å²) in [5.41, 5.74) is -0.518. The van der Waals surface area contributed by atoms with Crippen LogP contribution in [0.5, 0.6) is 28.7 Å². The highest BCUT2D eigenvalue weighted by Gasteiger charge is 2.35. The summed E-state index contributed by atoms with van der Waals surface area (Å²) in [4.78, 5) is 58.0. The number of phenolic OH excluding ortho intramolecular Hbond substituents is 3. The Morgan fingerprint density at radius 2 is 1.15 bits per heavy atom. The molecule has 1 aliphatic heterocycles. The van der Waals surface area contributed by atoms with E-state index in [0.717, 1.165) is 36.0 Å². The van der Waals surface area contributed by atoms with Gasteiger partial charge >= 0.3 is 24.3 Å². The molecule has 0 atom stereocenters. The van der Waals surface area contributed by atoms with Crippen molar-refractivity contribution in [1.82, 2.24) is 0 Å². The molecule has 21 nitrogen and oxygen atoms in total. The third kappa shape index (κ3) is 14.7. The number of para-hydroxylation sites is 4. The molecule has 8 rings (SSSR count). The summed E-state index contributed by atoms with van der Waals surface area (Å²) in [5.74, 6) is -0.706. The number of nitrogens with one attached hydrogen (secondary N) is 6. The lowest BCUT2D eigenvalue weighted by molar-refractivity contribution is -0.387. The van der Waals surface area contributed by atoms with Crippen LogP contribution in [0.1, 0.15) is 11.1 Å². The van der Waals surface area contributed by atoms with Gasteiger partial charge in [0.25, 0.3) is 11.4 Å². The predicted molar refractivity (Wildman–Crippen MR) is 271 cm³/mol. The Kier molecular flexibility index (Phi) is 18.0. The van der Waals surface area contributed by atoms with Gasteiger partial charge in [0.15, 0.2) is 17.2 Å². The second-order valence-electron chi connectivity index (χ2n) is 14.7. The number of aromatic hydroxyl groups is 3. The van der Waals surface area contributed by atoms with Crippen molar-refractivity contribution >= 4 is 98.6 Å². The monoisotopic (exact) mass is 1090 g/mol. The molecule has 0 aromatic heterocycles. The van der Waals surface area contributed by atoms with Gasteiger partial charge < -0.3 is 56.7 Å². The van der Waals surface area contributed by atoms with E-state index in [0.29, 0.717) is 44.3 Å². The van der Waals surface area contributed by atoms with Crippen LogP contribution in [0.4, 0.5) is 73.1 Å². The third-order valence-corrected chi connectivity index (χ3v) is 11.6. The number of fused-ring (bicyclic) bond motifs is 1. The Morgan fingerprint density at radius 1 is 0.613 bits per heavy atom. The number of nitrogens with zero attached hydrogens (tertiary/aromatic N) is 3. The van der Waals surface area contributed by atoms with Gasteiger partial charge in [-0.15, -0.1) is 0 Å². The molecule has 1 aliphatic rings. The quantitative estimate of drug-likeness (QED) is 0.0349. The number of amides is 6. The third-order valence-electron chi connectivity index (χ3n) is 9.67. The fourth-order valence-electron chi connectivity index (χ4n) is 6.25. The van der Waals surface area contributed by atoms with Crippen LogP contribution >= 0.6 is 35.0 Å². The van der Waals surface area contributed by atoms with Crippen LogP contribution in [0.15, 0.2) is 149 Å². The number of halogens is 5. The van der Waals surface area contributed by atoms with Gasteiger partial charge in [-0.1, -0.05) is 77.4 Å². The normalized spacial score (nSPS) is 10.9. The lowest BCUT2D eigenvalue weighted by Gasteiger charge is -2.14. The molecule has 9 N–H and O–H groups in total. The summed E-state index contributed by atoms with van der Waals surface area (Å²) in [6.45, 7) is 0.103. The number of nitriles is 1. The number of hydrogen-bond acceptors (Lipinski definition) is 14. The summed E-state index contributed by atoms with van der Waals surface area (Å²) < 4.78 is 48.6. The summed E-state index contributed by atoms with van der Waals surface area (Å²) >= 11 is 12.8. The number of nitro groups is 2. The van der Waals surface area contributed by atoms with Crippen molar-refractivity contribution in [2.75, 3.05) is 38.7 Å². The molecule has 0 unspecified atom stereocenters. The Morgan fingerprint density at radius 3 is 1.79 bits per heavy atom. The standard InChI is InChI=1S/C19H14N4O6S.C15H11N3O4.C14H9Cl2F3N2O2/c24-16-11-12(22(26)27)9-10-13(16)20-19(25)21-14-5-1-3-7-17(14)30-18-8-4-2-6-15(18)23(28)29;16-7-9-4-5-10(12(19)6-9)17-15(20)18-11-2-1-3-13-14(11)22-8-21-13;15-8-4-2-5-9(11(8)16)20-13(23)21-10-6-1-3-7(12(10)22)14(17,18)19/h1-11,24H,(H2,20,21,25);1-6,19H,8H2,(H2,17,18,20);1-6,22H,(H2,20,21,23). The zero-order chi connectivity index (χ0) is 54.4. The Balaban J connectivity index is 0.000000186. The van der Waals surface area contributed by atoms with Crippen LogP contribution in [0.25, 0.3) is 0 Å². The molecular weight excluding hydrogens is 1050 g/mol. The molecule has 0 spiro atoms. The largest absolute Gasteiger partial charge is 0.506 e. The fourth-order valence-corrected chi connectivity index (χ4v) is 7.60. The summed E-state index contributed by atoms with van der Waals surface area (Å²) in [6.07, 6.45) is -4.74. The van der Waals surface area contributed by atoms with Crippen molar-refractivity contribution in [2.24, 2.45) is 0 Å². The smallest absolute Gasteiger partial charge is 0.420 e. The topological polar surface area (TPSA) is 313 Å². The fraction of sp³-hybridized carbons (Fsp3) is 0.0417. The summed E-state index contributed by atoms with van der Waals surface area (Å²) in [5, 5.41) is 74.8. The lowest BCUT2D eigenvalue weighted by atomic mass is 10.1. The number of ether oxygens (including phenoxy) is 2. The molecule has 7 aromatic carbocycles. The molecule has 7 aromatic rings. The van der Waals surface area contributed by atoms with Gasteiger partial charge in [0, 0.05) is 17.0 Å². The van der Waals surface area contributed by atoms with Crippen molar-refractivity contribution < 1.29 is 62.2 Å². The second-order valence-corrected chi connectivity index (χ2v) is 16.6. The van der Waals surface area contributed by atoms with Crippen molar-refractivity contribution in [2.45, 2.75) is 16.0 Å². The molecule has 27 heteroatoms. The number of carbonyl (C=O) groups is 3. The number of anilines is 6. The van der Waals surface area contributed by atoms with Crippen molar-refractivity contribution in [3.63, 3.8) is 0 Å². The zero-order valence-electron chi connectivity index (χ0n) is 37.6. The molecule has 0 fully saturated rings. The van der Waals surface area contributed by atoms with E-state index >= 15 is 0 Å². The first kappa shape index (κ1) is 54.7. The van der Waals surface area contributed by atoms with Gasteiger partial charge in [-0.3, -0.25) is 20.2 Å². The van der Waals surface area contributed by atoms with Gasteiger partial charge in [0.1, 0.15) is 11.5 Å². The summed E-state index contributed by atoms with van der Waals surface area (Å²) in [7, 11) is 0. The average molecular weight is 1090 g/mol. The van der Waals surface area contributed by atoms with Crippen LogP contribution in [0.3, 0.4) is 0 Å². The van der Waals surface area contributed by atoms with Crippen LogP contribution in [0.2, 0.25) is 10.0 Å². The van der Waals surface area contributed by atoms with Gasteiger partial charge in [0.2, 0.25) is 6.79 Å². The number of phenols is 3. The van der Waals surface area contributed by atoms with E-state index in [1.165, 1.54) is 48.5 Å². The number of nitro benzene ring substituents is 2. The van der Waals surface area contributed by atoms with E-state index in [9.17, 15) is 63.1 Å². The minimum absolute atomic E-state index is 0.0121. The van der Waals surface area contributed by atoms with Crippen LogP contribution in [0, 0.1) is 31.6 Å². The molecule has 0 saturated heterocycles. The molecular formula is C48H34Cl2F3N9O12S. The Hall–Kier alpha value is -9.64. The zero-order valence-corrected chi connectivity index (χ0v) is 40.0. The van der Waals surface area contributed by atoms with Crippen LogP contribution in [-0.4, -0.2) is 50.1 Å². The van der Waals surface area contributed by atoms with E-state index < -0.39 is 56.9 Å². The number of hydrogen-bond donors (Lipinski definition) is 9. The molecule has 6 amide bonds. The maximum Gasteiger partial charge on any atom is 0.420 e. The molecule has 0 bridgehead atoms. The Labute approximate surface area is 434 Å². The maximum atomic E-state index is 12.7. The van der Waals surface area contributed by atoms with Crippen molar-refractivity contribution in [3.05, 3.63) is 181 Å². The highest BCUT2D eigenvalue weighted by atomic mass is 35.5. The Bertz CT molecular complexity index is 3370. The van der Waals surface area contributed by atoms with E-state index in [-0.39, 0.29) is 51.0 Å². The first-order valence-electron chi connectivity index (χ1n) is 20.9. The first-order valence-corrected chi connectivity index (χ1v) is 22.5. The predicted octanol–water partition coefficient (Wildman–Crippen LogP) is 13.0. The minimum atomic E-state index is -4.74. The highest BCUT2D eigenvalue weighted by Crippen LogP contribution is 2.42. The first-order chi connectivity index (χ1) is 35.7. The van der Waals surface area contributed by atoms with Crippen LogP contribution < -0.4 is 41.4 Å². The SMILES string of the molecule is N#Cc1ccc(NC(=O)Nc2cccc3c2OCO3)c(O)c1.O=C(Nc1ccc([N+](=O)[O-])cc1O)Nc1ccccc1Sc1ccccc1[N+](=O)[O-].O=C(Nc1cccc(C(F)(F)F)c1O)Nc1cccc(Cl)c1Cl. The number of urea groups is 3. The molecule has 75 heavy (non-hydrogen) atoms. The second kappa shape index (κ2) is 24.7. The number of alkyl halides is 3. The number of carbonyl (C=O) groups excluding carboxylic acids is 3. The van der Waals surface area contributed by atoms with Gasteiger partial charge in [-0.05, 0) is 78.9 Å². The van der Waals surface area contributed by atoms with E-state index in [2.05, 4.69) is 31.9 Å². The molecule has 384 valence electrons. The number of non-ortho nitro benzene ring substituents is 1. The van der Waals surface area contributed by atoms with E-state index in [1.54, 1.807) is 60.7 Å². The summed E-state index contributed by atoms with van der Waals surface area (Å²) in [6, 6.07) is 32.7. The average Bonchev–Trinajstić information content (AvgIpc) is 3.86. The number of rotatable bonds is 10. The van der Waals surface area contributed by atoms with Gasteiger partial charge in [0.05, 0.1) is 82.2 Å². The van der Waals surface area contributed by atoms with Gasteiger partial charge in [-0.2, -0.15) is 18.4 Å². The van der Waals surface area contributed by atoms with Crippen molar-refractivity contribution in [3.8, 4) is 34.8 Å².